The minimum atomic E-state index is -4.38. The first-order valence-corrected chi connectivity index (χ1v) is 20.8. The molecule has 0 unspecified atom stereocenters. The Morgan fingerprint density at radius 1 is 0.732 bits per heavy atom. The summed E-state index contributed by atoms with van der Waals surface area (Å²) in [5.74, 6) is 0.931. The SMILES string of the molecule is Oc1cc2ccccc2cc1/C1=N/N=C/c2cc(Br)ccc2[O][Sn]([CH2]c2ccc(Cl)cc2)([CH2]c2ccc(Cl)cc2)[O]1. The molecule has 0 fully saturated rings. The van der Waals surface area contributed by atoms with E-state index in [1.54, 1.807) is 12.3 Å². The molecular weight excluding hydrogens is 730 g/mol. The Morgan fingerprint density at radius 2 is 1.34 bits per heavy atom. The maximum absolute atomic E-state index is 11.1. The molecule has 0 spiro atoms. The summed E-state index contributed by atoms with van der Waals surface area (Å²) < 4.78 is 16.0. The van der Waals surface area contributed by atoms with Crippen molar-refractivity contribution >= 4 is 81.2 Å². The number of rotatable bonds is 5. The molecule has 9 heteroatoms. The van der Waals surface area contributed by atoms with Gasteiger partial charge in [-0.15, -0.1) is 0 Å². The van der Waals surface area contributed by atoms with Gasteiger partial charge < -0.3 is 0 Å². The van der Waals surface area contributed by atoms with E-state index in [9.17, 15) is 5.11 Å². The fraction of sp³-hybridized carbons (Fsp3) is 0.0625. The molecule has 0 atom stereocenters. The van der Waals surface area contributed by atoms with Gasteiger partial charge in [0.05, 0.1) is 0 Å². The Labute approximate surface area is 261 Å². The molecule has 0 saturated carbocycles. The first-order chi connectivity index (χ1) is 19.9. The molecule has 1 N–H and O–H groups in total. The molecule has 1 aliphatic rings. The Bertz CT molecular complexity index is 1750. The van der Waals surface area contributed by atoms with Crippen LogP contribution in [0.4, 0.5) is 0 Å². The molecular formula is C32H23BrCl2N2O3Sn. The fourth-order valence-electron chi connectivity index (χ4n) is 4.82. The molecule has 0 aliphatic carbocycles. The zero-order chi connectivity index (χ0) is 28.4. The Hall–Kier alpha value is -3.04. The van der Waals surface area contributed by atoms with Gasteiger partial charge in [0.15, 0.2) is 0 Å². The van der Waals surface area contributed by atoms with Crippen molar-refractivity contribution in [3.05, 3.63) is 140 Å². The quantitative estimate of drug-likeness (QED) is 0.183. The van der Waals surface area contributed by atoms with Gasteiger partial charge in [0, 0.05) is 0 Å². The number of hydrogen-bond acceptors (Lipinski definition) is 5. The van der Waals surface area contributed by atoms with Gasteiger partial charge in [-0.2, -0.15) is 0 Å². The zero-order valence-corrected chi connectivity index (χ0v) is 27.6. The van der Waals surface area contributed by atoms with Crippen LogP contribution in [-0.4, -0.2) is 36.4 Å². The van der Waals surface area contributed by atoms with E-state index in [1.807, 2.05) is 97.1 Å². The van der Waals surface area contributed by atoms with Crippen LogP contribution in [0.5, 0.6) is 11.5 Å². The van der Waals surface area contributed by atoms with Gasteiger partial charge in [-0.3, -0.25) is 0 Å². The van der Waals surface area contributed by atoms with E-state index >= 15 is 0 Å². The van der Waals surface area contributed by atoms with Gasteiger partial charge in [-0.25, -0.2) is 0 Å². The first kappa shape index (κ1) is 28.1. The first-order valence-electron chi connectivity index (χ1n) is 12.9. The van der Waals surface area contributed by atoms with Gasteiger partial charge in [0.25, 0.3) is 0 Å². The summed E-state index contributed by atoms with van der Waals surface area (Å²) in [6.45, 7) is 0. The van der Waals surface area contributed by atoms with Gasteiger partial charge >= 0.3 is 263 Å². The Kier molecular flexibility index (Phi) is 8.26. The summed E-state index contributed by atoms with van der Waals surface area (Å²) in [6.07, 6.45) is 1.65. The third-order valence-corrected chi connectivity index (χ3v) is 16.5. The third-order valence-electron chi connectivity index (χ3n) is 6.76. The van der Waals surface area contributed by atoms with E-state index in [4.69, 9.17) is 29.4 Å². The van der Waals surface area contributed by atoms with Crippen LogP contribution in [0.15, 0.2) is 118 Å². The number of aromatic hydroxyl groups is 1. The number of benzene rings is 5. The molecule has 0 aromatic heterocycles. The molecule has 0 bridgehead atoms. The van der Waals surface area contributed by atoms with Gasteiger partial charge in [-0.1, -0.05) is 0 Å². The van der Waals surface area contributed by atoms with Crippen molar-refractivity contribution in [1.82, 2.24) is 0 Å². The van der Waals surface area contributed by atoms with E-state index < -0.39 is 19.2 Å². The number of halogens is 3. The van der Waals surface area contributed by atoms with Crippen molar-refractivity contribution in [3.63, 3.8) is 0 Å². The van der Waals surface area contributed by atoms with E-state index in [0.717, 1.165) is 31.9 Å². The van der Waals surface area contributed by atoms with Crippen LogP contribution in [0.2, 0.25) is 10.0 Å². The predicted molar refractivity (Wildman–Crippen MR) is 172 cm³/mol. The standard InChI is InChI=1S/C18H13BrN2O3.2C7H6Cl.Sn/c19-14-5-6-16(22)13(7-14)10-20-21-18(24)15-8-11-3-1-2-4-12(11)9-17(15)23;2*1-6-2-4-7(8)5-3-6;/h1-10,22-23H,(H,21,24);2*2-5H,1H2;/q;;;+2/p-2/b20-10+;;;. The van der Waals surface area contributed by atoms with E-state index in [0.29, 0.717) is 30.2 Å². The topological polar surface area (TPSA) is 63.4 Å². The summed E-state index contributed by atoms with van der Waals surface area (Å²) in [7, 11) is 0. The zero-order valence-electron chi connectivity index (χ0n) is 21.6. The van der Waals surface area contributed by atoms with E-state index in [-0.39, 0.29) is 11.6 Å². The number of phenols is 1. The minimum absolute atomic E-state index is 0.0512. The van der Waals surface area contributed by atoms with Crippen molar-refractivity contribution in [2.24, 2.45) is 10.2 Å². The van der Waals surface area contributed by atoms with Crippen LogP contribution in [0.3, 0.4) is 0 Å². The molecule has 5 nitrogen and oxygen atoms in total. The summed E-state index contributed by atoms with van der Waals surface area (Å²) in [6, 6.07) is 32.6. The summed E-state index contributed by atoms with van der Waals surface area (Å²) >= 11 is 11.6. The molecule has 0 saturated heterocycles. The third kappa shape index (κ3) is 6.56. The van der Waals surface area contributed by atoms with Crippen molar-refractivity contribution in [2.45, 2.75) is 8.87 Å². The second-order valence-electron chi connectivity index (χ2n) is 9.77. The molecule has 1 aliphatic heterocycles. The van der Waals surface area contributed by atoms with Crippen LogP contribution in [-0.2, 0) is 11.9 Å². The van der Waals surface area contributed by atoms with E-state index in [1.165, 1.54) is 0 Å². The van der Waals surface area contributed by atoms with E-state index in [2.05, 4.69) is 26.1 Å². The van der Waals surface area contributed by atoms with Crippen molar-refractivity contribution in [3.8, 4) is 11.5 Å². The molecule has 0 radical (unpaired) electrons. The molecule has 41 heavy (non-hydrogen) atoms. The van der Waals surface area contributed by atoms with Gasteiger partial charge in [0.1, 0.15) is 0 Å². The van der Waals surface area contributed by atoms with Gasteiger partial charge in [-0.05, 0) is 0 Å². The summed E-state index contributed by atoms with van der Waals surface area (Å²) in [5.41, 5.74) is 3.27. The maximum atomic E-state index is 11.1. The fourth-order valence-corrected chi connectivity index (χ4v) is 14.8. The van der Waals surface area contributed by atoms with Crippen LogP contribution >= 0.6 is 39.1 Å². The van der Waals surface area contributed by atoms with Crippen LogP contribution in [0.25, 0.3) is 10.8 Å². The molecule has 204 valence electrons. The average molecular weight is 753 g/mol. The Morgan fingerprint density at radius 3 is 1.98 bits per heavy atom. The van der Waals surface area contributed by atoms with Crippen molar-refractivity contribution in [1.29, 1.82) is 0 Å². The molecule has 5 aromatic carbocycles. The molecule has 5 aromatic rings. The van der Waals surface area contributed by atoms with Crippen LogP contribution < -0.4 is 3.07 Å². The number of hydrogen-bond donors (Lipinski definition) is 1. The Balaban J connectivity index is 1.54. The van der Waals surface area contributed by atoms with Crippen LogP contribution in [0.1, 0.15) is 22.3 Å². The summed E-state index contributed by atoms with van der Waals surface area (Å²) in [5, 5.41) is 23.2. The average Bonchev–Trinajstić information content (AvgIpc) is 3.03. The molecule has 6 rings (SSSR count). The second kappa shape index (κ2) is 12.1. The van der Waals surface area contributed by atoms with Gasteiger partial charge in [0.2, 0.25) is 0 Å². The van der Waals surface area contributed by atoms with Crippen LogP contribution in [0, 0.1) is 0 Å². The molecule has 0 amide bonds. The second-order valence-corrected chi connectivity index (χ2v) is 19.9. The molecule has 1 heterocycles. The normalized spacial score (nSPS) is 16.2. The summed E-state index contributed by atoms with van der Waals surface area (Å²) in [4.78, 5) is 0. The van der Waals surface area contributed by atoms with Crippen molar-refractivity contribution in [2.75, 3.05) is 0 Å². The number of phenolic OH excluding ortho intramolecular Hbond substituents is 1. The predicted octanol–water partition coefficient (Wildman–Crippen LogP) is 8.81. The number of fused-ring (bicyclic) bond motifs is 2. The van der Waals surface area contributed by atoms with Crippen molar-refractivity contribution < 1.29 is 11.3 Å². The monoisotopic (exact) mass is 752 g/mol. The number of nitrogens with zero attached hydrogens (tertiary/aromatic N) is 2.